The molecule has 78 valence electrons. The molecule has 0 aliphatic heterocycles. The van der Waals surface area contributed by atoms with Crippen LogP contribution in [0.3, 0.4) is 0 Å². The second-order valence-corrected chi connectivity index (χ2v) is 4.09. The highest BCUT2D eigenvalue weighted by Gasteiger charge is 2.03. The van der Waals surface area contributed by atoms with Crippen LogP contribution in [0.1, 0.15) is 0 Å². The van der Waals surface area contributed by atoms with E-state index in [1.54, 1.807) is 12.3 Å². The summed E-state index contributed by atoms with van der Waals surface area (Å²) >= 11 is 5.91. The second-order valence-electron chi connectivity index (χ2n) is 3.65. The van der Waals surface area contributed by atoms with E-state index in [-0.39, 0.29) is 5.82 Å². The molecule has 0 unspecified atom stereocenters. The molecule has 0 saturated heterocycles. The van der Waals surface area contributed by atoms with Crippen molar-refractivity contribution < 1.29 is 4.39 Å². The average molecular weight is 232 g/mol. The number of hydrogen-bond donors (Lipinski definition) is 0. The summed E-state index contributed by atoms with van der Waals surface area (Å²) in [5, 5.41) is 3.62. The van der Waals surface area contributed by atoms with Crippen molar-refractivity contribution in [3.05, 3.63) is 53.4 Å². The second kappa shape index (κ2) is 3.42. The minimum Gasteiger partial charge on any atom is -0.255 e. The molecule has 3 heteroatoms. The highest BCUT2D eigenvalue weighted by atomic mass is 35.5. The standard InChI is InChI=1S/C13H7ClFN/c14-9-1-3-11-8(5-9)7-16-13-6-10(15)2-4-12(11)13/h1-7H. The smallest absolute Gasteiger partial charge is 0.125 e. The molecule has 0 fully saturated rings. The van der Waals surface area contributed by atoms with Crippen LogP contribution < -0.4 is 0 Å². The van der Waals surface area contributed by atoms with Crippen LogP contribution >= 0.6 is 11.6 Å². The number of halogens is 2. The first kappa shape index (κ1) is 9.55. The lowest BCUT2D eigenvalue weighted by atomic mass is 10.1. The van der Waals surface area contributed by atoms with Crippen molar-refractivity contribution in [1.29, 1.82) is 0 Å². The Morgan fingerprint density at radius 2 is 1.81 bits per heavy atom. The quantitative estimate of drug-likeness (QED) is 0.529. The van der Waals surface area contributed by atoms with Gasteiger partial charge in [0, 0.05) is 28.1 Å². The molecule has 0 spiro atoms. The third kappa shape index (κ3) is 1.42. The fourth-order valence-electron chi connectivity index (χ4n) is 1.86. The number of benzene rings is 2. The zero-order valence-corrected chi connectivity index (χ0v) is 9.00. The number of pyridine rings is 1. The van der Waals surface area contributed by atoms with Crippen molar-refractivity contribution in [2.75, 3.05) is 0 Å². The normalized spacial score (nSPS) is 11.1. The van der Waals surface area contributed by atoms with Gasteiger partial charge in [0.2, 0.25) is 0 Å². The number of rotatable bonds is 0. The molecule has 16 heavy (non-hydrogen) atoms. The topological polar surface area (TPSA) is 12.9 Å². The molecule has 2 aromatic carbocycles. The van der Waals surface area contributed by atoms with Crippen molar-refractivity contribution >= 4 is 33.3 Å². The third-order valence-electron chi connectivity index (χ3n) is 2.61. The van der Waals surface area contributed by atoms with Gasteiger partial charge in [-0.3, -0.25) is 4.98 Å². The van der Waals surface area contributed by atoms with Gasteiger partial charge in [-0.1, -0.05) is 17.7 Å². The van der Waals surface area contributed by atoms with Gasteiger partial charge < -0.3 is 0 Å². The number of nitrogens with zero attached hydrogens (tertiary/aromatic N) is 1. The zero-order valence-electron chi connectivity index (χ0n) is 8.24. The Morgan fingerprint density at radius 3 is 2.69 bits per heavy atom. The van der Waals surface area contributed by atoms with E-state index in [1.807, 2.05) is 18.2 Å². The van der Waals surface area contributed by atoms with E-state index in [1.165, 1.54) is 12.1 Å². The molecule has 0 amide bonds. The molecule has 1 aromatic heterocycles. The first-order chi connectivity index (χ1) is 7.74. The minimum absolute atomic E-state index is 0.270. The minimum atomic E-state index is -0.270. The summed E-state index contributed by atoms with van der Waals surface area (Å²) in [6, 6.07) is 10.2. The maximum atomic E-state index is 13.0. The van der Waals surface area contributed by atoms with Crippen molar-refractivity contribution in [2.24, 2.45) is 0 Å². The Bertz CT molecular complexity index is 633. The Kier molecular flexibility index (Phi) is 2.04. The van der Waals surface area contributed by atoms with E-state index >= 15 is 0 Å². The number of aromatic nitrogens is 1. The fourth-order valence-corrected chi connectivity index (χ4v) is 2.04. The Morgan fingerprint density at radius 1 is 1.00 bits per heavy atom. The van der Waals surface area contributed by atoms with Crippen molar-refractivity contribution in [2.45, 2.75) is 0 Å². The van der Waals surface area contributed by atoms with Gasteiger partial charge in [0.25, 0.3) is 0 Å². The van der Waals surface area contributed by atoms with Gasteiger partial charge in [-0.05, 0) is 29.7 Å². The molecule has 0 aliphatic carbocycles. The molecule has 1 nitrogen and oxygen atoms in total. The van der Waals surface area contributed by atoms with Crippen LogP contribution in [-0.4, -0.2) is 4.98 Å². The van der Waals surface area contributed by atoms with Crippen LogP contribution in [-0.2, 0) is 0 Å². The number of hydrogen-bond acceptors (Lipinski definition) is 1. The first-order valence-corrected chi connectivity index (χ1v) is 5.25. The van der Waals surface area contributed by atoms with Crippen molar-refractivity contribution in [1.82, 2.24) is 4.98 Å². The summed E-state index contributed by atoms with van der Waals surface area (Å²) in [6.45, 7) is 0. The lowest BCUT2D eigenvalue weighted by Crippen LogP contribution is -1.83. The van der Waals surface area contributed by atoms with Crippen LogP contribution in [0.4, 0.5) is 4.39 Å². The van der Waals surface area contributed by atoms with E-state index in [2.05, 4.69) is 4.98 Å². The van der Waals surface area contributed by atoms with Crippen LogP contribution in [0.2, 0.25) is 5.02 Å². The van der Waals surface area contributed by atoms with Crippen LogP contribution in [0.25, 0.3) is 21.7 Å². The van der Waals surface area contributed by atoms with Gasteiger partial charge in [-0.2, -0.15) is 0 Å². The van der Waals surface area contributed by atoms with E-state index < -0.39 is 0 Å². The van der Waals surface area contributed by atoms with Crippen LogP contribution in [0.5, 0.6) is 0 Å². The maximum absolute atomic E-state index is 13.0. The maximum Gasteiger partial charge on any atom is 0.125 e. The van der Waals surface area contributed by atoms with Gasteiger partial charge in [-0.25, -0.2) is 4.39 Å². The predicted octanol–water partition coefficient (Wildman–Crippen LogP) is 4.18. The Labute approximate surface area is 96.5 Å². The molecule has 0 radical (unpaired) electrons. The SMILES string of the molecule is Fc1ccc2c(c1)ncc1cc(Cl)ccc12. The highest BCUT2D eigenvalue weighted by Crippen LogP contribution is 2.26. The van der Waals surface area contributed by atoms with E-state index in [0.29, 0.717) is 10.5 Å². The van der Waals surface area contributed by atoms with Gasteiger partial charge in [0.1, 0.15) is 5.82 Å². The molecule has 0 saturated carbocycles. The summed E-state index contributed by atoms with van der Waals surface area (Å²) in [4.78, 5) is 4.21. The van der Waals surface area contributed by atoms with Crippen molar-refractivity contribution in [3.8, 4) is 0 Å². The third-order valence-corrected chi connectivity index (χ3v) is 2.84. The highest BCUT2D eigenvalue weighted by molar-refractivity contribution is 6.31. The Hall–Kier alpha value is -1.67. The molecule has 0 bridgehead atoms. The molecular weight excluding hydrogens is 225 g/mol. The summed E-state index contributed by atoms with van der Waals surface area (Å²) < 4.78 is 13.0. The molecule has 1 heterocycles. The van der Waals surface area contributed by atoms with Crippen LogP contribution in [0, 0.1) is 5.82 Å². The predicted molar refractivity (Wildman–Crippen MR) is 64.2 cm³/mol. The molecule has 0 aliphatic rings. The summed E-state index contributed by atoms with van der Waals surface area (Å²) in [5.74, 6) is -0.270. The first-order valence-electron chi connectivity index (χ1n) is 4.87. The summed E-state index contributed by atoms with van der Waals surface area (Å²) in [7, 11) is 0. The van der Waals surface area contributed by atoms with E-state index in [9.17, 15) is 4.39 Å². The summed E-state index contributed by atoms with van der Waals surface area (Å²) in [6.07, 6.45) is 1.71. The lowest BCUT2D eigenvalue weighted by molar-refractivity contribution is 0.629. The summed E-state index contributed by atoms with van der Waals surface area (Å²) in [5.41, 5.74) is 0.662. The largest absolute Gasteiger partial charge is 0.255 e. The molecule has 3 aromatic rings. The Balaban J connectivity index is 2.50. The number of fused-ring (bicyclic) bond motifs is 3. The molecule has 0 atom stereocenters. The van der Waals surface area contributed by atoms with E-state index in [4.69, 9.17) is 11.6 Å². The van der Waals surface area contributed by atoms with Gasteiger partial charge in [0.05, 0.1) is 5.52 Å². The lowest BCUT2D eigenvalue weighted by Gasteiger charge is -2.03. The molecular formula is C13H7ClFN. The average Bonchev–Trinajstić information content (AvgIpc) is 2.28. The van der Waals surface area contributed by atoms with E-state index in [0.717, 1.165) is 16.2 Å². The van der Waals surface area contributed by atoms with Gasteiger partial charge >= 0.3 is 0 Å². The molecule has 3 rings (SSSR count). The monoisotopic (exact) mass is 231 g/mol. The van der Waals surface area contributed by atoms with Gasteiger partial charge in [0.15, 0.2) is 0 Å². The van der Waals surface area contributed by atoms with Gasteiger partial charge in [-0.15, -0.1) is 0 Å². The fraction of sp³-hybridized carbons (Fsp3) is 0. The van der Waals surface area contributed by atoms with Crippen molar-refractivity contribution in [3.63, 3.8) is 0 Å². The zero-order chi connectivity index (χ0) is 11.1. The molecule has 0 N–H and O–H groups in total. The van der Waals surface area contributed by atoms with Crippen LogP contribution in [0.15, 0.2) is 42.6 Å².